The highest BCUT2D eigenvalue weighted by Crippen LogP contribution is 2.28. The second-order valence-corrected chi connectivity index (χ2v) is 10.2. The van der Waals surface area contributed by atoms with Gasteiger partial charge in [0.25, 0.3) is 11.6 Å². The van der Waals surface area contributed by atoms with Crippen molar-refractivity contribution in [2.75, 3.05) is 5.32 Å². The van der Waals surface area contributed by atoms with Crippen molar-refractivity contribution in [2.45, 2.75) is 13.2 Å². The summed E-state index contributed by atoms with van der Waals surface area (Å²) < 4.78 is 13.2. The molecule has 0 saturated heterocycles. The van der Waals surface area contributed by atoms with Crippen LogP contribution in [0.4, 0.5) is 11.4 Å². The Morgan fingerprint density at radius 3 is 2.33 bits per heavy atom. The van der Waals surface area contributed by atoms with Crippen LogP contribution in [0.2, 0.25) is 0 Å². The van der Waals surface area contributed by atoms with Crippen LogP contribution in [-0.4, -0.2) is 10.8 Å². The van der Waals surface area contributed by atoms with Crippen molar-refractivity contribution in [1.29, 1.82) is 5.26 Å². The van der Waals surface area contributed by atoms with Crippen molar-refractivity contribution in [3.05, 3.63) is 132 Å². The quantitative estimate of drug-likeness (QED) is 0.0801. The Bertz CT molecular complexity index is 1600. The van der Waals surface area contributed by atoms with Crippen LogP contribution < -0.4 is 14.8 Å². The SMILES string of the molecule is N#C/C(=C\c1ccc(OCc2cccc([N+](=O)[O-])c2)c(Br)c1)C(=O)Nc1ccc(OCc2ccc(Br)cc2)cc1. The lowest BCUT2D eigenvalue weighted by atomic mass is 10.1. The van der Waals surface area contributed by atoms with Gasteiger partial charge in [0.2, 0.25) is 0 Å². The molecular formula is C30H21Br2N3O5. The van der Waals surface area contributed by atoms with E-state index in [1.807, 2.05) is 30.3 Å². The average molecular weight is 663 g/mol. The molecule has 10 heteroatoms. The first-order valence-corrected chi connectivity index (χ1v) is 13.5. The van der Waals surface area contributed by atoms with E-state index < -0.39 is 10.8 Å². The molecule has 1 N–H and O–H groups in total. The summed E-state index contributed by atoms with van der Waals surface area (Å²) in [4.78, 5) is 23.2. The lowest BCUT2D eigenvalue weighted by Crippen LogP contribution is -2.13. The van der Waals surface area contributed by atoms with E-state index in [0.29, 0.717) is 39.4 Å². The standard InChI is InChI=1S/C30H21Br2N3O5/c31-24-7-4-20(5-8-24)18-39-27-11-9-25(10-12-27)34-30(36)23(17-33)14-21-6-13-29(28(32)16-21)40-19-22-2-1-3-26(15-22)35(37)38/h1-16H,18-19H2,(H,34,36)/b23-14+. The molecule has 4 aromatic carbocycles. The van der Waals surface area contributed by atoms with E-state index in [4.69, 9.17) is 9.47 Å². The average Bonchev–Trinajstić information content (AvgIpc) is 2.96. The number of amides is 1. The highest BCUT2D eigenvalue weighted by molar-refractivity contribution is 9.10. The van der Waals surface area contributed by atoms with Crippen molar-refractivity contribution in [2.24, 2.45) is 0 Å². The number of hydrogen-bond acceptors (Lipinski definition) is 6. The molecule has 0 fully saturated rings. The lowest BCUT2D eigenvalue weighted by Gasteiger charge is -2.10. The molecule has 4 rings (SSSR count). The summed E-state index contributed by atoms with van der Waals surface area (Å²) in [5, 5.41) is 23.3. The van der Waals surface area contributed by atoms with Crippen LogP contribution in [0, 0.1) is 21.4 Å². The fourth-order valence-electron chi connectivity index (χ4n) is 3.54. The first-order chi connectivity index (χ1) is 19.3. The number of nitro benzene ring substituents is 1. The van der Waals surface area contributed by atoms with Crippen LogP contribution in [0.15, 0.2) is 106 Å². The highest BCUT2D eigenvalue weighted by Gasteiger charge is 2.12. The highest BCUT2D eigenvalue weighted by atomic mass is 79.9. The molecule has 0 aliphatic carbocycles. The maximum atomic E-state index is 12.7. The number of carbonyl (C=O) groups excluding carboxylic acids is 1. The van der Waals surface area contributed by atoms with Gasteiger partial charge in [-0.3, -0.25) is 14.9 Å². The number of ether oxygens (including phenoxy) is 2. The number of nitrogens with one attached hydrogen (secondary N) is 1. The van der Waals surface area contributed by atoms with Crippen molar-refractivity contribution in [3.63, 3.8) is 0 Å². The Labute approximate surface area is 247 Å². The number of benzene rings is 4. The Hall–Kier alpha value is -4.46. The zero-order chi connectivity index (χ0) is 28.5. The Morgan fingerprint density at radius 2 is 1.65 bits per heavy atom. The number of nitriles is 1. The minimum Gasteiger partial charge on any atom is -0.489 e. The molecule has 0 aromatic heterocycles. The molecule has 0 bridgehead atoms. The second-order valence-electron chi connectivity index (χ2n) is 8.47. The Balaban J connectivity index is 1.35. The van der Waals surface area contributed by atoms with Crippen LogP contribution in [0.1, 0.15) is 16.7 Å². The molecule has 200 valence electrons. The first kappa shape index (κ1) is 28.5. The number of rotatable bonds is 10. The van der Waals surface area contributed by atoms with Crippen LogP contribution in [0.5, 0.6) is 11.5 Å². The van der Waals surface area contributed by atoms with Gasteiger partial charge >= 0.3 is 0 Å². The molecule has 0 spiro atoms. The number of nitro groups is 1. The molecule has 0 unspecified atom stereocenters. The smallest absolute Gasteiger partial charge is 0.269 e. The van der Waals surface area contributed by atoms with Gasteiger partial charge in [0.15, 0.2) is 0 Å². The minimum atomic E-state index is -0.548. The number of anilines is 1. The first-order valence-electron chi connectivity index (χ1n) is 11.9. The van der Waals surface area contributed by atoms with E-state index in [-0.39, 0.29) is 17.9 Å². The van der Waals surface area contributed by atoms with E-state index in [9.17, 15) is 20.2 Å². The van der Waals surface area contributed by atoms with E-state index in [2.05, 4.69) is 37.2 Å². The lowest BCUT2D eigenvalue weighted by molar-refractivity contribution is -0.384. The Kier molecular flexibility index (Phi) is 9.67. The number of carbonyl (C=O) groups is 1. The normalized spacial score (nSPS) is 10.9. The zero-order valence-corrected chi connectivity index (χ0v) is 24.0. The molecule has 0 radical (unpaired) electrons. The summed E-state index contributed by atoms with van der Waals surface area (Å²) in [6, 6.07) is 28.0. The maximum Gasteiger partial charge on any atom is 0.269 e. The molecule has 0 atom stereocenters. The fraction of sp³-hybridized carbons (Fsp3) is 0.0667. The van der Waals surface area contributed by atoms with Crippen LogP contribution in [0.25, 0.3) is 6.08 Å². The van der Waals surface area contributed by atoms with Gasteiger partial charge in [0, 0.05) is 22.3 Å². The summed E-state index contributed by atoms with van der Waals surface area (Å²) >= 11 is 6.84. The summed E-state index contributed by atoms with van der Waals surface area (Å²) in [6.45, 7) is 0.545. The van der Waals surface area contributed by atoms with Crippen molar-refractivity contribution >= 4 is 55.2 Å². The van der Waals surface area contributed by atoms with E-state index in [0.717, 1.165) is 10.0 Å². The van der Waals surface area contributed by atoms with Gasteiger partial charge in [-0.25, -0.2) is 0 Å². The van der Waals surface area contributed by atoms with Gasteiger partial charge in [-0.05, 0) is 87.2 Å². The maximum absolute atomic E-state index is 12.7. The monoisotopic (exact) mass is 661 g/mol. The third kappa shape index (κ3) is 8.02. The summed E-state index contributed by atoms with van der Waals surface area (Å²) in [5.41, 5.74) is 2.72. The zero-order valence-electron chi connectivity index (χ0n) is 20.8. The van der Waals surface area contributed by atoms with Gasteiger partial charge < -0.3 is 14.8 Å². The predicted molar refractivity (Wildman–Crippen MR) is 159 cm³/mol. The molecule has 0 saturated carbocycles. The van der Waals surface area contributed by atoms with Crippen LogP contribution in [0.3, 0.4) is 0 Å². The predicted octanol–water partition coefficient (Wildman–Crippen LogP) is 7.82. The Morgan fingerprint density at radius 1 is 0.925 bits per heavy atom. The van der Waals surface area contributed by atoms with Gasteiger partial charge in [-0.2, -0.15) is 5.26 Å². The van der Waals surface area contributed by atoms with E-state index in [1.54, 1.807) is 54.6 Å². The van der Waals surface area contributed by atoms with Gasteiger partial charge in [0.1, 0.15) is 36.4 Å². The topological polar surface area (TPSA) is 114 Å². The minimum absolute atomic E-state index is 0.0102. The third-order valence-electron chi connectivity index (χ3n) is 5.58. The third-order valence-corrected chi connectivity index (χ3v) is 6.73. The molecule has 0 aliphatic rings. The number of halogens is 2. The summed E-state index contributed by atoms with van der Waals surface area (Å²) in [7, 11) is 0. The van der Waals surface area contributed by atoms with E-state index in [1.165, 1.54) is 18.2 Å². The summed E-state index contributed by atoms with van der Waals surface area (Å²) in [5.74, 6) is 0.608. The van der Waals surface area contributed by atoms with Gasteiger partial charge in [-0.15, -0.1) is 0 Å². The fourth-order valence-corrected chi connectivity index (χ4v) is 4.32. The number of nitrogens with zero attached hydrogens (tertiary/aromatic N) is 2. The largest absolute Gasteiger partial charge is 0.489 e. The van der Waals surface area contributed by atoms with Crippen molar-refractivity contribution in [1.82, 2.24) is 0 Å². The molecule has 4 aromatic rings. The van der Waals surface area contributed by atoms with Crippen LogP contribution in [-0.2, 0) is 18.0 Å². The summed E-state index contributed by atoms with van der Waals surface area (Å²) in [6.07, 6.45) is 1.47. The second kappa shape index (κ2) is 13.6. The number of hydrogen-bond donors (Lipinski definition) is 1. The molecule has 8 nitrogen and oxygen atoms in total. The molecular weight excluding hydrogens is 642 g/mol. The van der Waals surface area contributed by atoms with Crippen LogP contribution >= 0.6 is 31.9 Å². The molecule has 0 aliphatic heterocycles. The number of non-ortho nitro benzene ring substituents is 1. The molecule has 40 heavy (non-hydrogen) atoms. The molecule has 0 heterocycles. The van der Waals surface area contributed by atoms with Gasteiger partial charge in [-0.1, -0.05) is 46.3 Å². The van der Waals surface area contributed by atoms with Gasteiger partial charge in [0.05, 0.1) is 9.40 Å². The van der Waals surface area contributed by atoms with Crippen molar-refractivity contribution < 1.29 is 19.2 Å². The van der Waals surface area contributed by atoms with Crippen molar-refractivity contribution in [3.8, 4) is 17.6 Å². The van der Waals surface area contributed by atoms with E-state index >= 15 is 0 Å². The molecule has 1 amide bonds.